The Hall–Kier alpha value is -1.81. The molecule has 16 heavy (non-hydrogen) atoms. The zero-order chi connectivity index (χ0) is 11.5. The summed E-state index contributed by atoms with van der Waals surface area (Å²) in [5, 5.41) is 0.673. The Morgan fingerprint density at radius 3 is 2.56 bits per heavy atom. The first-order chi connectivity index (χ1) is 7.65. The fraction of sp³-hybridized carbons (Fsp3) is 0.0909. The van der Waals surface area contributed by atoms with Gasteiger partial charge < -0.3 is 5.73 Å². The van der Waals surface area contributed by atoms with Crippen LogP contribution in [0.2, 0.25) is 5.02 Å². The standard InChI is InChI=1S/C11H10ClN3O/c12-9-3-1-8(2-4-9)7-15-6-5-10(13)14-11(15)16/h1-6H,7H2,(H2,13,14,16). The summed E-state index contributed by atoms with van der Waals surface area (Å²) >= 11 is 5.77. The molecule has 0 saturated carbocycles. The molecule has 82 valence electrons. The third-order valence-corrected chi connectivity index (χ3v) is 2.41. The highest BCUT2D eigenvalue weighted by atomic mass is 35.5. The summed E-state index contributed by atoms with van der Waals surface area (Å²) in [7, 11) is 0. The maximum absolute atomic E-state index is 11.5. The number of hydrogen-bond acceptors (Lipinski definition) is 3. The van der Waals surface area contributed by atoms with Crippen LogP contribution in [0.5, 0.6) is 0 Å². The van der Waals surface area contributed by atoms with E-state index in [1.165, 1.54) is 4.57 Å². The molecule has 2 aromatic rings. The van der Waals surface area contributed by atoms with Gasteiger partial charge in [0, 0.05) is 11.2 Å². The van der Waals surface area contributed by atoms with Crippen LogP contribution in [-0.4, -0.2) is 9.55 Å². The second-order valence-electron chi connectivity index (χ2n) is 3.39. The molecule has 0 bridgehead atoms. The highest BCUT2D eigenvalue weighted by molar-refractivity contribution is 6.30. The van der Waals surface area contributed by atoms with E-state index in [2.05, 4.69) is 4.98 Å². The number of halogens is 1. The van der Waals surface area contributed by atoms with Crippen LogP contribution in [0.15, 0.2) is 41.3 Å². The molecule has 0 fully saturated rings. The lowest BCUT2D eigenvalue weighted by Crippen LogP contribution is -2.23. The molecule has 0 aliphatic carbocycles. The van der Waals surface area contributed by atoms with Crippen molar-refractivity contribution in [1.29, 1.82) is 0 Å². The Labute approximate surface area is 97.3 Å². The zero-order valence-electron chi connectivity index (χ0n) is 8.43. The van der Waals surface area contributed by atoms with Crippen molar-refractivity contribution in [2.24, 2.45) is 0 Å². The molecular weight excluding hydrogens is 226 g/mol. The van der Waals surface area contributed by atoms with Crippen LogP contribution < -0.4 is 11.4 Å². The molecule has 0 spiro atoms. The summed E-state index contributed by atoms with van der Waals surface area (Å²) in [4.78, 5) is 15.1. The number of hydrogen-bond donors (Lipinski definition) is 1. The van der Waals surface area contributed by atoms with Crippen molar-refractivity contribution in [2.45, 2.75) is 6.54 Å². The van der Waals surface area contributed by atoms with Gasteiger partial charge in [-0.25, -0.2) is 4.79 Å². The molecule has 0 atom stereocenters. The van der Waals surface area contributed by atoms with Gasteiger partial charge in [-0.15, -0.1) is 0 Å². The average molecular weight is 236 g/mol. The fourth-order valence-corrected chi connectivity index (χ4v) is 1.47. The van der Waals surface area contributed by atoms with Crippen molar-refractivity contribution in [3.63, 3.8) is 0 Å². The number of aromatic nitrogens is 2. The van der Waals surface area contributed by atoms with Crippen molar-refractivity contribution in [1.82, 2.24) is 9.55 Å². The van der Waals surface area contributed by atoms with Crippen molar-refractivity contribution in [3.05, 3.63) is 57.6 Å². The topological polar surface area (TPSA) is 60.9 Å². The number of nitrogens with two attached hydrogens (primary N) is 1. The molecule has 1 aromatic heterocycles. The highest BCUT2D eigenvalue weighted by Gasteiger charge is 1.99. The third-order valence-electron chi connectivity index (χ3n) is 2.16. The van der Waals surface area contributed by atoms with E-state index in [9.17, 15) is 4.79 Å². The maximum Gasteiger partial charge on any atom is 0.349 e. The van der Waals surface area contributed by atoms with E-state index >= 15 is 0 Å². The van der Waals surface area contributed by atoms with Gasteiger partial charge in [-0.05, 0) is 23.8 Å². The van der Waals surface area contributed by atoms with Gasteiger partial charge in [0.25, 0.3) is 0 Å². The van der Waals surface area contributed by atoms with E-state index in [0.29, 0.717) is 11.6 Å². The van der Waals surface area contributed by atoms with E-state index in [0.717, 1.165) is 5.56 Å². The molecule has 4 nitrogen and oxygen atoms in total. The summed E-state index contributed by atoms with van der Waals surface area (Å²) in [5.74, 6) is 0.234. The number of rotatable bonds is 2. The van der Waals surface area contributed by atoms with Crippen LogP contribution in [0.3, 0.4) is 0 Å². The monoisotopic (exact) mass is 235 g/mol. The fourth-order valence-electron chi connectivity index (χ4n) is 1.35. The van der Waals surface area contributed by atoms with Crippen LogP contribution in [0.1, 0.15) is 5.56 Å². The maximum atomic E-state index is 11.5. The number of nitrogens with zero attached hydrogens (tertiary/aromatic N) is 2. The van der Waals surface area contributed by atoms with Gasteiger partial charge in [-0.2, -0.15) is 4.98 Å². The van der Waals surface area contributed by atoms with Gasteiger partial charge in [0.1, 0.15) is 5.82 Å². The van der Waals surface area contributed by atoms with E-state index in [-0.39, 0.29) is 11.5 Å². The van der Waals surface area contributed by atoms with Gasteiger partial charge in [0.2, 0.25) is 0 Å². The van der Waals surface area contributed by atoms with Crippen molar-refractivity contribution >= 4 is 17.4 Å². The van der Waals surface area contributed by atoms with E-state index in [1.54, 1.807) is 24.4 Å². The Morgan fingerprint density at radius 2 is 1.94 bits per heavy atom. The van der Waals surface area contributed by atoms with Crippen LogP contribution >= 0.6 is 11.6 Å². The van der Waals surface area contributed by atoms with Crippen LogP contribution in [-0.2, 0) is 6.54 Å². The predicted molar refractivity (Wildman–Crippen MR) is 63.5 cm³/mol. The molecule has 0 aliphatic rings. The zero-order valence-corrected chi connectivity index (χ0v) is 9.19. The van der Waals surface area contributed by atoms with Crippen molar-refractivity contribution in [3.8, 4) is 0 Å². The third kappa shape index (κ3) is 2.41. The van der Waals surface area contributed by atoms with Crippen molar-refractivity contribution in [2.75, 3.05) is 5.73 Å². The van der Waals surface area contributed by atoms with Gasteiger partial charge in [-0.3, -0.25) is 4.57 Å². The largest absolute Gasteiger partial charge is 0.383 e. The second-order valence-corrected chi connectivity index (χ2v) is 3.83. The first kappa shape index (κ1) is 10.7. The van der Waals surface area contributed by atoms with E-state index in [4.69, 9.17) is 17.3 Å². The lowest BCUT2D eigenvalue weighted by molar-refractivity contribution is 0.729. The van der Waals surface area contributed by atoms with E-state index in [1.807, 2.05) is 12.1 Å². The lowest BCUT2D eigenvalue weighted by atomic mass is 10.2. The van der Waals surface area contributed by atoms with Crippen LogP contribution in [0, 0.1) is 0 Å². The number of benzene rings is 1. The van der Waals surface area contributed by atoms with Crippen LogP contribution in [0.25, 0.3) is 0 Å². The highest BCUT2D eigenvalue weighted by Crippen LogP contribution is 2.10. The Morgan fingerprint density at radius 1 is 1.25 bits per heavy atom. The van der Waals surface area contributed by atoms with Gasteiger partial charge in [0.05, 0.1) is 6.54 Å². The number of nitrogen functional groups attached to an aromatic ring is 1. The van der Waals surface area contributed by atoms with Crippen LogP contribution in [0.4, 0.5) is 5.82 Å². The lowest BCUT2D eigenvalue weighted by Gasteiger charge is -2.05. The smallest absolute Gasteiger partial charge is 0.349 e. The molecule has 1 aromatic carbocycles. The molecule has 0 radical (unpaired) electrons. The minimum Gasteiger partial charge on any atom is -0.383 e. The summed E-state index contributed by atoms with van der Waals surface area (Å²) in [6.45, 7) is 0.462. The van der Waals surface area contributed by atoms with Crippen molar-refractivity contribution < 1.29 is 0 Å². The second kappa shape index (κ2) is 4.37. The molecule has 2 N–H and O–H groups in total. The summed E-state index contributed by atoms with van der Waals surface area (Å²) in [6, 6.07) is 8.90. The predicted octanol–water partition coefficient (Wildman–Crippen LogP) is 1.53. The SMILES string of the molecule is Nc1ccn(Cc2ccc(Cl)cc2)c(=O)n1. The normalized spacial score (nSPS) is 10.3. The minimum absolute atomic E-state index is 0.234. The Kier molecular flexibility index (Phi) is 2.92. The summed E-state index contributed by atoms with van der Waals surface area (Å²) < 4.78 is 1.49. The molecule has 0 unspecified atom stereocenters. The average Bonchev–Trinajstić information content (AvgIpc) is 2.25. The number of anilines is 1. The van der Waals surface area contributed by atoms with Gasteiger partial charge in [0.15, 0.2) is 0 Å². The first-order valence-electron chi connectivity index (χ1n) is 4.72. The molecular formula is C11H10ClN3O. The Bertz CT molecular complexity index is 548. The summed E-state index contributed by atoms with van der Waals surface area (Å²) in [6.07, 6.45) is 1.62. The van der Waals surface area contributed by atoms with E-state index < -0.39 is 0 Å². The quantitative estimate of drug-likeness (QED) is 0.859. The summed E-state index contributed by atoms with van der Waals surface area (Å²) in [5.41, 5.74) is 6.03. The molecule has 5 heteroatoms. The molecule has 0 amide bonds. The molecule has 0 aliphatic heterocycles. The van der Waals surface area contributed by atoms with Gasteiger partial charge in [-0.1, -0.05) is 23.7 Å². The minimum atomic E-state index is -0.352. The molecule has 2 rings (SSSR count). The molecule has 1 heterocycles. The van der Waals surface area contributed by atoms with Gasteiger partial charge >= 0.3 is 5.69 Å². The first-order valence-corrected chi connectivity index (χ1v) is 5.10. The Balaban J connectivity index is 2.27. The molecule has 0 saturated heterocycles.